The fourth-order valence-corrected chi connectivity index (χ4v) is 5.33. The van der Waals surface area contributed by atoms with Gasteiger partial charge in [-0.2, -0.15) is 8.75 Å². The van der Waals surface area contributed by atoms with Gasteiger partial charge < -0.3 is 19.0 Å². The Morgan fingerprint density at radius 1 is 1.00 bits per heavy atom. The van der Waals surface area contributed by atoms with Crippen LogP contribution in [0.2, 0.25) is 0 Å². The highest BCUT2D eigenvalue weighted by molar-refractivity contribution is 7.00. The quantitative estimate of drug-likeness (QED) is 0.358. The van der Waals surface area contributed by atoms with Crippen molar-refractivity contribution in [2.45, 2.75) is 6.54 Å². The molecule has 0 aliphatic rings. The molecule has 3 aromatic heterocycles. The third kappa shape index (κ3) is 2.99. The Morgan fingerprint density at radius 3 is 2.53 bits per heavy atom. The zero-order valence-electron chi connectivity index (χ0n) is 18.5. The molecule has 0 amide bonds. The van der Waals surface area contributed by atoms with Gasteiger partial charge in [-0.25, -0.2) is 4.79 Å². The molecule has 0 saturated heterocycles. The number of carboxylic acids is 1. The van der Waals surface area contributed by atoms with Crippen LogP contribution in [0.25, 0.3) is 44.1 Å². The molecule has 0 saturated carbocycles. The standard InChI is InChI=1S/C26H20N4O3S/c1-29-21-6-4-3-5-18(21)23-24(29)22(16-8-10-17(33-2)11-9-16)25(26(31)32)30(23)14-15-7-12-19-20(13-15)28-34-27-19/h3-13H,14H2,1-2H3,(H,31,32). The van der Waals surface area contributed by atoms with Gasteiger partial charge in [0.25, 0.3) is 0 Å². The first-order chi connectivity index (χ1) is 16.6. The Bertz CT molecular complexity index is 1710. The maximum absolute atomic E-state index is 12.7. The molecule has 0 atom stereocenters. The molecule has 0 fully saturated rings. The number of aryl methyl sites for hydroxylation is 1. The third-order valence-corrected chi connectivity index (χ3v) is 6.89. The number of aromatic nitrogens is 4. The predicted octanol–water partition coefficient (Wildman–Crippen LogP) is 5.56. The van der Waals surface area contributed by atoms with E-state index in [1.165, 1.54) is 11.7 Å². The van der Waals surface area contributed by atoms with E-state index in [2.05, 4.69) is 19.4 Å². The van der Waals surface area contributed by atoms with Crippen LogP contribution >= 0.6 is 11.7 Å². The lowest BCUT2D eigenvalue weighted by molar-refractivity contribution is 0.0687. The molecule has 0 unspecified atom stereocenters. The number of benzene rings is 3. The molecule has 6 aromatic rings. The summed E-state index contributed by atoms with van der Waals surface area (Å²) in [4.78, 5) is 12.7. The SMILES string of the molecule is COc1ccc(-c2c(C(=O)O)n(Cc3ccc4nsnc4c3)c3c4ccccc4n(C)c23)cc1. The number of hydrogen-bond donors (Lipinski definition) is 1. The van der Waals surface area contributed by atoms with Crippen LogP contribution in [0.5, 0.6) is 5.75 Å². The van der Waals surface area contributed by atoms with Crippen molar-refractivity contribution in [1.82, 2.24) is 17.9 Å². The normalized spacial score (nSPS) is 11.6. The molecule has 6 rings (SSSR count). The van der Waals surface area contributed by atoms with Gasteiger partial charge in [-0.3, -0.25) is 0 Å². The van der Waals surface area contributed by atoms with Gasteiger partial charge in [-0.05, 0) is 41.5 Å². The molecular weight excluding hydrogens is 448 g/mol. The number of rotatable bonds is 5. The summed E-state index contributed by atoms with van der Waals surface area (Å²) in [7, 11) is 3.60. The number of hydrogen-bond acceptors (Lipinski definition) is 5. The molecule has 0 spiro atoms. The molecule has 0 aliphatic carbocycles. The highest BCUT2D eigenvalue weighted by Gasteiger charge is 2.28. The Kier molecular flexibility index (Phi) is 4.63. The second-order valence-electron chi connectivity index (χ2n) is 8.20. The summed E-state index contributed by atoms with van der Waals surface area (Å²) in [5.41, 5.74) is 7.24. The second kappa shape index (κ2) is 7.71. The summed E-state index contributed by atoms with van der Waals surface area (Å²) in [6, 6.07) is 21.5. The van der Waals surface area contributed by atoms with E-state index in [9.17, 15) is 9.90 Å². The maximum Gasteiger partial charge on any atom is 0.353 e. The van der Waals surface area contributed by atoms with E-state index in [0.29, 0.717) is 12.1 Å². The molecule has 7 nitrogen and oxygen atoms in total. The largest absolute Gasteiger partial charge is 0.497 e. The van der Waals surface area contributed by atoms with E-state index < -0.39 is 5.97 Å². The number of ether oxygens (including phenoxy) is 1. The van der Waals surface area contributed by atoms with Crippen LogP contribution < -0.4 is 4.74 Å². The molecule has 168 valence electrons. The topological polar surface area (TPSA) is 82.2 Å². The van der Waals surface area contributed by atoms with Gasteiger partial charge >= 0.3 is 5.97 Å². The highest BCUT2D eigenvalue weighted by atomic mass is 32.1. The van der Waals surface area contributed by atoms with Crippen LogP contribution in [0.4, 0.5) is 0 Å². The van der Waals surface area contributed by atoms with Crippen LogP contribution in [-0.4, -0.2) is 36.1 Å². The number of carboxylic acid groups (broad SMARTS) is 1. The minimum absolute atomic E-state index is 0.257. The number of methoxy groups -OCH3 is 1. The van der Waals surface area contributed by atoms with Crippen LogP contribution in [0.1, 0.15) is 16.1 Å². The fraction of sp³-hybridized carbons (Fsp3) is 0.115. The van der Waals surface area contributed by atoms with E-state index in [0.717, 1.165) is 49.8 Å². The molecule has 3 heterocycles. The average molecular weight is 469 g/mol. The minimum atomic E-state index is -0.970. The van der Waals surface area contributed by atoms with E-state index in [-0.39, 0.29) is 5.69 Å². The Labute approximate surface area is 198 Å². The predicted molar refractivity (Wildman–Crippen MR) is 134 cm³/mol. The first kappa shape index (κ1) is 20.4. The van der Waals surface area contributed by atoms with Gasteiger partial charge in [0.2, 0.25) is 0 Å². The zero-order chi connectivity index (χ0) is 23.4. The molecule has 1 N–H and O–H groups in total. The van der Waals surface area contributed by atoms with Gasteiger partial charge in [-0.15, -0.1) is 0 Å². The average Bonchev–Trinajstić information content (AvgIpc) is 3.53. The van der Waals surface area contributed by atoms with Gasteiger partial charge in [-0.1, -0.05) is 36.4 Å². The minimum Gasteiger partial charge on any atom is -0.497 e. The molecule has 0 radical (unpaired) electrons. The summed E-state index contributed by atoms with van der Waals surface area (Å²) in [5, 5.41) is 11.4. The van der Waals surface area contributed by atoms with Crippen LogP contribution in [0.15, 0.2) is 66.7 Å². The maximum atomic E-state index is 12.7. The van der Waals surface area contributed by atoms with Crippen molar-refractivity contribution < 1.29 is 14.6 Å². The third-order valence-electron chi connectivity index (χ3n) is 6.33. The van der Waals surface area contributed by atoms with Crippen molar-refractivity contribution in [3.63, 3.8) is 0 Å². The number of para-hydroxylation sites is 1. The molecule has 0 aliphatic heterocycles. The van der Waals surface area contributed by atoms with Crippen LogP contribution in [0, 0.1) is 0 Å². The Balaban J connectivity index is 1.69. The van der Waals surface area contributed by atoms with Crippen molar-refractivity contribution in [2.24, 2.45) is 7.05 Å². The summed E-state index contributed by atoms with van der Waals surface area (Å²) in [5.74, 6) is -0.249. The number of carbonyl (C=O) groups is 1. The van der Waals surface area contributed by atoms with Crippen molar-refractivity contribution >= 4 is 50.7 Å². The molecule has 3 aromatic carbocycles. The van der Waals surface area contributed by atoms with Crippen molar-refractivity contribution in [1.29, 1.82) is 0 Å². The first-order valence-corrected chi connectivity index (χ1v) is 11.5. The van der Waals surface area contributed by atoms with E-state index in [4.69, 9.17) is 4.74 Å². The van der Waals surface area contributed by atoms with Crippen LogP contribution in [0.3, 0.4) is 0 Å². The van der Waals surface area contributed by atoms with Gasteiger partial charge in [0.05, 0.1) is 35.4 Å². The highest BCUT2D eigenvalue weighted by Crippen LogP contribution is 2.41. The van der Waals surface area contributed by atoms with Crippen molar-refractivity contribution in [3.8, 4) is 16.9 Å². The summed E-state index contributed by atoms with van der Waals surface area (Å²) in [6.45, 7) is 0.399. The number of aromatic carboxylic acids is 1. The number of fused-ring (bicyclic) bond motifs is 4. The van der Waals surface area contributed by atoms with Gasteiger partial charge in [0.15, 0.2) is 0 Å². The summed E-state index contributed by atoms with van der Waals surface area (Å²) in [6.07, 6.45) is 0. The number of nitrogens with zero attached hydrogens (tertiary/aromatic N) is 4. The first-order valence-electron chi connectivity index (χ1n) is 10.8. The lowest BCUT2D eigenvalue weighted by Gasteiger charge is -2.11. The zero-order valence-corrected chi connectivity index (χ0v) is 19.3. The van der Waals surface area contributed by atoms with Gasteiger partial charge in [0, 0.05) is 24.5 Å². The molecule has 0 bridgehead atoms. The monoisotopic (exact) mass is 468 g/mol. The van der Waals surface area contributed by atoms with E-state index in [1.54, 1.807) is 7.11 Å². The molecular formula is C26H20N4O3S. The molecule has 8 heteroatoms. The van der Waals surface area contributed by atoms with Crippen LogP contribution in [-0.2, 0) is 13.6 Å². The second-order valence-corrected chi connectivity index (χ2v) is 8.73. The Hall–Kier alpha value is -4.17. The summed E-state index contributed by atoms with van der Waals surface area (Å²) >= 11 is 1.17. The molecule has 34 heavy (non-hydrogen) atoms. The van der Waals surface area contributed by atoms with E-state index in [1.807, 2.05) is 72.3 Å². The lowest BCUT2D eigenvalue weighted by Crippen LogP contribution is -2.11. The van der Waals surface area contributed by atoms with E-state index >= 15 is 0 Å². The van der Waals surface area contributed by atoms with Gasteiger partial charge in [0.1, 0.15) is 22.5 Å². The van der Waals surface area contributed by atoms with Crippen molar-refractivity contribution in [3.05, 3.63) is 78.0 Å². The smallest absolute Gasteiger partial charge is 0.353 e. The summed E-state index contributed by atoms with van der Waals surface area (Å²) < 4.78 is 18.0. The Morgan fingerprint density at radius 2 is 1.76 bits per heavy atom. The fourth-order valence-electron chi connectivity index (χ4n) is 4.81. The van der Waals surface area contributed by atoms with Crippen molar-refractivity contribution in [2.75, 3.05) is 7.11 Å². The lowest BCUT2D eigenvalue weighted by atomic mass is 10.0.